The minimum atomic E-state index is 0.527. The van der Waals surface area contributed by atoms with Gasteiger partial charge in [-0.2, -0.15) is 10.2 Å². The van der Waals surface area contributed by atoms with E-state index in [-0.39, 0.29) is 0 Å². The maximum atomic E-state index is 9.38. The van der Waals surface area contributed by atoms with Gasteiger partial charge < -0.3 is 10.1 Å². The maximum Gasteiger partial charge on any atom is 0.236 e. The minimum Gasteiger partial charge on any atom is -0.491 e. The van der Waals surface area contributed by atoms with Crippen molar-refractivity contribution in [1.29, 1.82) is 5.26 Å². The van der Waals surface area contributed by atoms with Crippen LogP contribution in [0.1, 0.15) is 16.8 Å². The Morgan fingerprint density at radius 1 is 1.14 bits per heavy atom. The average molecular weight is 369 g/mol. The zero-order valence-electron chi connectivity index (χ0n) is 15.7. The topological polar surface area (TPSA) is 75.8 Å². The summed E-state index contributed by atoms with van der Waals surface area (Å²) in [7, 11) is 1.60. The van der Waals surface area contributed by atoms with Gasteiger partial charge in [0.25, 0.3) is 0 Å². The molecule has 6 nitrogen and oxygen atoms in total. The number of rotatable bonds is 5. The summed E-state index contributed by atoms with van der Waals surface area (Å²) in [5, 5.41) is 13.6. The first-order valence-corrected chi connectivity index (χ1v) is 8.91. The van der Waals surface area contributed by atoms with Gasteiger partial charge in [-0.05, 0) is 30.7 Å². The van der Waals surface area contributed by atoms with E-state index in [1.807, 2.05) is 54.0 Å². The Morgan fingerprint density at radius 2 is 1.96 bits per heavy atom. The fraction of sp³-hybridized carbons (Fsp3) is 0.136. The van der Waals surface area contributed by atoms with E-state index in [0.29, 0.717) is 29.6 Å². The van der Waals surface area contributed by atoms with Crippen LogP contribution in [0.4, 0.5) is 5.82 Å². The van der Waals surface area contributed by atoms with Gasteiger partial charge in [0, 0.05) is 17.6 Å². The van der Waals surface area contributed by atoms with E-state index in [2.05, 4.69) is 28.5 Å². The number of methoxy groups -OCH3 is 1. The highest BCUT2D eigenvalue weighted by Crippen LogP contribution is 2.28. The van der Waals surface area contributed by atoms with Crippen LogP contribution in [-0.2, 0) is 6.54 Å². The van der Waals surface area contributed by atoms with E-state index >= 15 is 0 Å². The second-order valence-corrected chi connectivity index (χ2v) is 6.40. The van der Waals surface area contributed by atoms with Crippen LogP contribution in [0.15, 0.2) is 60.8 Å². The van der Waals surface area contributed by atoms with Crippen molar-refractivity contribution in [2.24, 2.45) is 0 Å². The van der Waals surface area contributed by atoms with Crippen LogP contribution >= 0.6 is 0 Å². The third-order valence-electron chi connectivity index (χ3n) is 4.62. The lowest BCUT2D eigenvalue weighted by molar-refractivity contribution is 0.412. The van der Waals surface area contributed by atoms with Gasteiger partial charge in [0.05, 0.1) is 30.5 Å². The Kier molecular flexibility index (Phi) is 4.65. The molecule has 4 rings (SSSR count). The number of aryl methyl sites for hydroxylation is 1. The highest BCUT2D eigenvalue weighted by atomic mass is 16.5. The van der Waals surface area contributed by atoms with Crippen molar-refractivity contribution in [2.75, 3.05) is 12.4 Å². The summed E-state index contributed by atoms with van der Waals surface area (Å²) in [6, 6.07) is 20.0. The Labute approximate surface area is 163 Å². The molecular formula is C22H19N5O. The Bertz CT molecular complexity index is 1170. The van der Waals surface area contributed by atoms with E-state index in [4.69, 9.17) is 9.72 Å². The molecular weight excluding hydrogens is 350 g/mol. The van der Waals surface area contributed by atoms with Gasteiger partial charge in [-0.1, -0.05) is 36.4 Å². The molecule has 0 bridgehead atoms. The van der Waals surface area contributed by atoms with Crippen molar-refractivity contribution in [3.8, 4) is 17.8 Å². The molecule has 2 aromatic carbocycles. The first kappa shape index (κ1) is 17.6. The molecule has 6 heteroatoms. The summed E-state index contributed by atoms with van der Waals surface area (Å²) in [5.41, 5.74) is 3.63. The zero-order chi connectivity index (χ0) is 19.5. The number of nitrogens with zero attached hydrogens (tertiary/aromatic N) is 4. The van der Waals surface area contributed by atoms with Gasteiger partial charge in [0.15, 0.2) is 11.6 Å². The number of anilines is 1. The molecule has 0 amide bonds. The SMILES string of the molecule is COc1cnc(-n2c(C)cc3c(C#N)cccc32)nc1NCc1ccccc1. The predicted octanol–water partition coefficient (Wildman–Crippen LogP) is 4.22. The van der Waals surface area contributed by atoms with Gasteiger partial charge in [-0.3, -0.25) is 4.57 Å². The second kappa shape index (κ2) is 7.41. The minimum absolute atomic E-state index is 0.527. The normalized spacial score (nSPS) is 10.6. The van der Waals surface area contributed by atoms with Crippen molar-refractivity contribution >= 4 is 16.7 Å². The first-order chi connectivity index (χ1) is 13.7. The van der Waals surface area contributed by atoms with Crippen LogP contribution in [0, 0.1) is 18.3 Å². The maximum absolute atomic E-state index is 9.38. The molecule has 138 valence electrons. The number of nitrogens with one attached hydrogen (secondary N) is 1. The lowest BCUT2D eigenvalue weighted by Crippen LogP contribution is -2.09. The quantitative estimate of drug-likeness (QED) is 0.570. The van der Waals surface area contributed by atoms with Crippen LogP contribution < -0.4 is 10.1 Å². The average Bonchev–Trinajstić information content (AvgIpc) is 3.08. The highest BCUT2D eigenvalue weighted by molar-refractivity contribution is 5.88. The van der Waals surface area contributed by atoms with Gasteiger partial charge in [-0.25, -0.2) is 4.98 Å². The van der Waals surface area contributed by atoms with Crippen molar-refractivity contribution in [1.82, 2.24) is 14.5 Å². The van der Waals surface area contributed by atoms with Crippen LogP contribution in [-0.4, -0.2) is 21.6 Å². The molecule has 1 N–H and O–H groups in total. The Balaban J connectivity index is 1.76. The van der Waals surface area contributed by atoms with Crippen LogP contribution in [0.5, 0.6) is 5.75 Å². The first-order valence-electron chi connectivity index (χ1n) is 8.91. The molecule has 28 heavy (non-hydrogen) atoms. The summed E-state index contributed by atoms with van der Waals surface area (Å²) >= 11 is 0. The molecule has 0 aliphatic rings. The Morgan fingerprint density at radius 3 is 2.71 bits per heavy atom. The third-order valence-corrected chi connectivity index (χ3v) is 4.62. The van der Waals surface area contributed by atoms with Gasteiger partial charge in [-0.15, -0.1) is 0 Å². The summed E-state index contributed by atoms with van der Waals surface area (Å²) in [6.45, 7) is 2.60. The number of hydrogen-bond donors (Lipinski definition) is 1. The number of ether oxygens (including phenoxy) is 1. The number of fused-ring (bicyclic) bond motifs is 1. The van der Waals surface area contributed by atoms with Gasteiger partial charge >= 0.3 is 0 Å². The summed E-state index contributed by atoms with van der Waals surface area (Å²) in [6.07, 6.45) is 1.66. The molecule has 0 saturated heterocycles. The van der Waals surface area contributed by atoms with E-state index in [1.165, 1.54) is 0 Å². The lowest BCUT2D eigenvalue weighted by Gasteiger charge is -2.13. The van der Waals surface area contributed by atoms with Gasteiger partial charge in [0.2, 0.25) is 5.95 Å². The number of nitriles is 1. The standard InChI is InChI=1S/C22H19N5O/c1-15-11-18-17(12-23)9-6-10-19(18)27(15)22-25-14-20(28-2)21(26-22)24-13-16-7-4-3-5-8-16/h3-11,14H,13H2,1-2H3,(H,24,25,26). The lowest BCUT2D eigenvalue weighted by atomic mass is 10.1. The van der Waals surface area contributed by atoms with E-state index < -0.39 is 0 Å². The van der Waals surface area contributed by atoms with Crippen LogP contribution in [0.2, 0.25) is 0 Å². The fourth-order valence-corrected chi connectivity index (χ4v) is 3.25. The zero-order valence-corrected chi connectivity index (χ0v) is 15.7. The summed E-state index contributed by atoms with van der Waals surface area (Å²) < 4.78 is 7.37. The van der Waals surface area contributed by atoms with Gasteiger partial charge in [0.1, 0.15) is 0 Å². The molecule has 0 unspecified atom stereocenters. The fourth-order valence-electron chi connectivity index (χ4n) is 3.25. The summed E-state index contributed by atoms with van der Waals surface area (Å²) in [5.74, 6) is 1.72. The molecule has 0 atom stereocenters. The van der Waals surface area contributed by atoms with Crippen molar-refractivity contribution in [2.45, 2.75) is 13.5 Å². The second-order valence-electron chi connectivity index (χ2n) is 6.40. The molecule has 2 aromatic heterocycles. The molecule has 0 spiro atoms. The van der Waals surface area contributed by atoms with Crippen molar-refractivity contribution in [3.63, 3.8) is 0 Å². The smallest absolute Gasteiger partial charge is 0.236 e. The van der Waals surface area contributed by atoms with Crippen LogP contribution in [0.25, 0.3) is 16.9 Å². The number of benzene rings is 2. The Hall–Kier alpha value is -3.85. The molecule has 0 radical (unpaired) electrons. The number of hydrogen-bond acceptors (Lipinski definition) is 5. The summed E-state index contributed by atoms with van der Waals surface area (Å²) in [4.78, 5) is 9.18. The van der Waals surface area contributed by atoms with Crippen molar-refractivity contribution < 1.29 is 4.74 Å². The molecule has 0 aliphatic carbocycles. The third kappa shape index (κ3) is 3.14. The van der Waals surface area contributed by atoms with Crippen molar-refractivity contribution in [3.05, 3.63) is 77.6 Å². The van der Waals surface area contributed by atoms with E-state index in [0.717, 1.165) is 22.2 Å². The molecule has 0 saturated carbocycles. The predicted molar refractivity (Wildman–Crippen MR) is 109 cm³/mol. The van der Waals surface area contributed by atoms with E-state index in [1.54, 1.807) is 13.3 Å². The number of aromatic nitrogens is 3. The van der Waals surface area contributed by atoms with E-state index in [9.17, 15) is 5.26 Å². The molecule has 4 aromatic rings. The molecule has 0 aliphatic heterocycles. The highest BCUT2D eigenvalue weighted by Gasteiger charge is 2.15. The molecule has 2 heterocycles. The largest absolute Gasteiger partial charge is 0.491 e. The monoisotopic (exact) mass is 369 g/mol. The van der Waals surface area contributed by atoms with Crippen LogP contribution in [0.3, 0.4) is 0 Å². The molecule has 0 fully saturated rings.